The third-order valence-electron chi connectivity index (χ3n) is 1.72. The first-order chi connectivity index (χ1) is 6.43. The first-order valence-electron chi connectivity index (χ1n) is 3.83. The molecular formula is C7H9N3O3S. The molecule has 3 amide bonds. The van der Waals surface area contributed by atoms with Crippen molar-refractivity contribution in [1.29, 1.82) is 0 Å². The van der Waals surface area contributed by atoms with Gasteiger partial charge in [0.1, 0.15) is 0 Å². The Morgan fingerprint density at radius 1 is 1.57 bits per heavy atom. The average Bonchev–Trinajstić information content (AvgIpc) is 2.09. The number of nitrogens with zero attached hydrogens (tertiary/aromatic N) is 1. The van der Waals surface area contributed by atoms with Gasteiger partial charge in [-0.2, -0.15) is 0 Å². The Kier molecular flexibility index (Phi) is 2.80. The molecule has 7 heteroatoms. The Bertz CT molecular complexity index is 328. The van der Waals surface area contributed by atoms with Crippen LogP contribution in [0.25, 0.3) is 0 Å². The maximum absolute atomic E-state index is 11.4. The molecule has 1 aliphatic rings. The van der Waals surface area contributed by atoms with Crippen molar-refractivity contribution < 1.29 is 14.4 Å². The minimum atomic E-state index is -1.18. The summed E-state index contributed by atoms with van der Waals surface area (Å²) in [6.07, 6.45) is 0. The maximum atomic E-state index is 11.4. The van der Waals surface area contributed by atoms with Crippen molar-refractivity contribution >= 4 is 35.1 Å². The molecule has 0 aromatic carbocycles. The molecule has 2 N–H and O–H groups in total. The number of likely N-dealkylation sites (N-methyl/N-ethyl adjacent to an activating group) is 1. The lowest BCUT2D eigenvalue weighted by Gasteiger charge is -2.29. The van der Waals surface area contributed by atoms with E-state index in [2.05, 4.69) is 10.6 Å². The molecule has 0 saturated carbocycles. The molecule has 1 heterocycles. The largest absolute Gasteiger partial charge is 0.337 e. The molecule has 0 spiro atoms. The van der Waals surface area contributed by atoms with Gasteiger partial charge in [0.05, 0.1) is 0 Å². The number of hydrogen-bond acceptors (Lipinski definition) is 4. The van der Waals surface area contributed by atoms with Crippen LogP contribution in [0.5, 0.6) is 0 Å². The number of thiocarbonyl (C=S) groups is 1. The van der Waals surface area contributed by atoms with Gasteiger partial charge in [-0.05, 0) is 12.2 Å². The zero-order valence-corrected chi connectivity index (χ0v) is 8.47. The van der Waals surface area contributed by atoms with Gasteiger partial charge in [-0.1, -0.05) is 0 Å². The summed E-state index contributed by atoms with van der Waals surface area (Å²) in [5, 5.41) is 4.57. The summed E-state index contributed by atoms with van der Waals surface area (Å²) in [6, 6.07) is -1.18. The Labute approximate surface area is 85.6 Å². The van der Waals surface area contributed by atoms with Crippen LogP contribution in [0.4, 0.5) is 0 Å². The SMILES string of the molecule is CC(=O)NC1C(=O)NC(=S)N(C)C1=O. The van der Waals surface area contributed by atoms with Crippen molar-refractivity contribution in [2.24, 2.45) is 0 Å². The average molecular weight is 215 g/mol. The van der Waals surface area contributed by atoms with E-state index >= 15 is 0 Å². The maximum Gasteiger partial charge on any atom is 0.260 e. The summed E-state index contributed by atoms with van der Waals surface area (Å²) in [7, 11) is 1.43. The summed E-state index contributed by atoms with van der Waals surface area (Å²) in [4.78, 5) is 34.5. The minimum Gasteiger partial charge on any atom is -0.337 e. The fourth-order valence-electron chi connectivity index (χ4n) is 0.998. The number of carbonyl (C=O) groups excluding carboxylic acids is 3. The van der Waals surface area contributed by atoms with Gasteiger partial charge in [0.15, 0.2) is 11.2 Å². The number of nitrogens with one attached hydrogen (secondary N) is 2. The molecule has 1 fully saturated rings. The van der Waals surface area contributed by atoms with Crippen LogP contribution in [0.1, 0.15) is 6.92 Å². The normalized spacial score (nSPS) is 22.0. The fourth-order valence-corrected chi connectivity index (χ4v) is 1.19. The highest BCUT2D eigenvalue weighted by molar-refractivity contribution is 7.80. The molecular weight excluding hydrogens is 206 g/mol. The highest BCUT2D eigenvalue weighted by atomic mass is 32.1. The topological polar surface area (TPSA) is 78.5 Å². The third kappa shape index (κ3) is 1.87. The zero-order valence-electron chi connectivity index (χ0n) is 7.66. The lowest BCUT2D eigenvalue weighted by Crippen LogP contribution is -2.64. The molecule has 14 heavy (non-hydrogen) atoms. The van der Waals surface area contributed by atoms with Crippen LogP contribution >= 0.6 is 12.2 Å². The van der Waals surface area contributed by atoms with Gasteiger partial charge in [-0.25, -0.2) is 0 Å². The Morgan fingerprint density at radius 3 is 2.64 bits per heavy atom. The number of hydrogen-bond donors (Lipinski definition) is 2. The molecule has 0 aromatic rings. The molecule has 0 radical (unpaired) electrons. The number of rotatable bonds is 1. The molecule has 1 rings (SSSR count). The van der Waals surface area contributed by atoms with Gasteiger partial charge in [-0.15, -0.1) is 0 Å². The number of carbonyl (C=O) groups is 3. The van der Waals surface area contributed by atoms with Crippen LogP contribution < -0.4 is 10.6 Å². The first kappa shape index (κ1) is 10.6. The van der Waals surface area contributed by atoms with Gasteiger partial charge in [-0.3, -0.25) is 19.3 Å². The van der Waals surface area contributed by atoms with Gasteiger partial charge in [0.2, 0.25) is 5.91 Å². The molecule has 1 atom stereocenters. The van der Waals surface area contributed by atoms with Crippen molar-refractivity contribution in [3.63, 3.8) is 0 Å². The van der Waals surface area contributed by atoms with Crippen LogP contribution in [-0.2, 0) is 14.4 Å². The summed E-state index contributed by atoms with van der Waals surface area (Å²) < 4.78 is 0. The Morgan fingerprint density at radius 2 is 2.14 bits per heavy atom. The van der Waals surface area contributed by atoms with Gasteiger partial charge < -0.3 is 10.6 Å². The Hall–Kier alpha value is -1.50. The van der Waals surface area contributed by atoms with Gasteiger partial charge >= 0.3 is 0 Å². The standard InChI is InChI=1S/C7H9N3O3S/c1-3(11)8-4-5(12)9-7(14)10(2)6(4)13/h4H,1-2H3,(H,8,11)(H,9,12,14). The van der Waals surface area contributed by atoms with Crippen molar-refractivity contribution in [3.05, 3.63) is 0 Å². The van der Waals surface area contributed by atoms with Crippen molar-refractivity contribution in [3.8, 4) is 0 Å². The summed E-state index contributed by atoms with van der Waals surface area (Å²) >= 11 is 4.71. The fraction of sp³-hybridized carbons (Fsp3) is 0.429. The lowest BCUT2D eigenvalue weighted by molar-refractivity contribution is -0.140. The molecule has 0 aliphatic carbocycles. The summed E-state index contributed by atoms with van der Waals surface area (Å²) in [5.74, 6) is -1.58. The second-order valence-corrected chi connectivity index (χ2v) is 3.21. The molecule has 1 aliphatic heterocycles. The second-order valence-electron chi connectivity index (χ2n) is 2.83. The van der Waals surface area contributed by atoms with E-state index in [9.17, 15) is 14.4 Å². The van der Waals surface area contributed by atoms with E-state index in [0.717, 1.165) is 4.90 Å². The predicted octanol–water partition coefficient (Wildman–Crippen LogP) is -1.64. The molecule has 76 valence electrons. The molecule has 1 saturated heterocycles. The van der Waals surface area contributed by atoms with Gasteiger partial charge in [0, 0.05) is 14.0 Å². The molecule has 6 nitrogen and oxygen atoms in total. The number of amides is 3. The van der Waals surface area contributed by atoms with E-state index in [1.807, 2.05) is 0 Å². The quantitative estimate of drug-likeness (QED) is 0.406. The third-order valence-corrected chi connectivity index (χ3v) is 2.10. The Balaban J connectivity index is 2.84. The van der Waals surface area contributed by atoms with Gasteiger partial charge in [0.25, 0.3) is 11.8 Å². The second kappa shape index (κ2) is 3.70. The molecule has 0 aromatic heterocycles. The summed E-state index contributed by atoms with van der Waals surface area (Å²) in [6.45, 7) is 1.23. The minimum absolute atomic E-state index is 0.0432. The van der Waals surface area contributed by atoms with Crippen LogP contribution in [0.2, 0.25) is 0 Å². The van der Waals surface area contributed by atoms with Crippen LogP contribution in [-0.4, -0.2) is 40.8 Å². The van der Waals surface area contributed by atoms with E-state index in [4.69, 9.17) is 12.2 Å². The first-order valence-corrected chi connectivity index (χ1v) is 4.24. The van der Waals surface area contributed by atoms with Crippen molar-refractivity contribution in [2.75, 3.05) is 7.05 Å². The monoisotopic (exact) mass is 215 g/mol. The lowest BCUT2D eigenvalue weighted by atomic mass is 10.2. The van der Waals surface area contributed by atoms with E-state index in [1.165, 1.54) is 14.0 Å². The van der Waals surface area contributed by atoms with E-state index in [1.54, 1.807) is 0 Å². The van der Waals surface area contributed by atoms with Crippen LogP contribution in [0.15, 0.2) is 0 Å². The van der Waals surface area contributed by atoms with E-state index in [0.29, 0.717) is 0 Å². The predicted molar refractivity (Wildman–Crippen MR) is 51.1 cm³/mol. The zero-order chi connectivity index (χ0) is 10.9. The van der Waals surface area contributed by atoms with E-state index < -0.39 is 23.8 Å². The van der Waals surface area contributed by atoms with Crippen molar-refractivity contribution in [2.45, 2.75) is 13.0 Å². The van der Waals surface area contributed by atoms with E-state index in [-0.39, 0.29) is 5.11 Å². The smallest absolute Gasteiger partial charge is 0.260 e. The molecule has 1 unspecified atom stereocenters. The van der Waals surface area contributed by atoms with Crippen LogP contribution in [0, 0.1) is 0 Å². The highest BCUT2D eigenvalue weighted by Gasteiger charge is 2.36. The summed E-state index contributed by atoms with van der Waals surface area (Å²) in [5.41, 5.74) is 0. The molecule has 0 bridgehead atoms. The van der Waals surface area contributed by atoms with Crippen LogP contribution in [0.3, 0.4) is 0 Å². The highest BCUT2D eigenvalue weighted by Crippen LogP contribution is 2.01. The van der Waals surface area contributed by atoms with Crippen molar-refractivity contribution in [1.82, 2.24) is 15.5 Å².